The highest BCUT2D eigenvalue weighted by atomic mass is 35.5. The number of aromatic nitrogens is 2. The first-order valence-corrected chi connectivity index (χ1v) is 8.67. The van der Waals surface area contributed by atoms with E-state index in [4.69, 9.17) is 26.3 Å². The molecule has 0 saturated heterocycles. The maximum absolute atomic E-state index is 11.7. The molecule has 1 amide bonds. The average molecular weight is 382 g/mol. The molecule has 0 aliphatic carbocycles. The highest BCUT2D eigenvalue weighted by Gasteiger charge is 2.28. The summed E-state index contributed by atoms with van der Waals surface area (Å²) < 4.78 is 12.6. The molecule has 26 heavy (non-hydrogen) atoms. The molecule has 2 unspecified atom stereocenters. The number of carbonyl (C=O) groups is 1. The van der Waals surface area contributed by atoms with Crippen molar-refractivity contribution in [3.63, 3.8) is 0 Å². The fourth-order valence-electron chi connectivity index (χ4n) is 2.94. The van der Waals surface area contributed by atoms with Gasteiger partial charge < -0.3 is 9.47 Å². The van der Waals surface area contributed by atoms with Crippen molar-refractivity contribution in [2.24, 2.45) is 0 Å². The van der Waals surface area contributed by atoms with Crippen LogP contribution in [0.2, 0.25) is 5.02 Å². The van der Waals surface area contributed by atoms with Crippen LogP contribution in [0.1, 0.15) is 23.6 Å². The van der Waals surface area contributed by atoms with E-state index in [1.54, 1.807) is 25.9 Å². The van der Waals surface area contributed by atoms with Crippen molar-refractivity contribution in [3.8, 4) is 0 Å². The Morgan fingerprint density at radius 2 is 2.04 bits per heavy atom. The summed E-state index contributed by atoms with van der Waals surface area (Å²) in [6.07, 6.45) is 1.95. The van der Waals surface area contributed by atoms with Crippen LogP contribution in [0.15, 0.2) is 36.5 Å². The van der Waals surface area contributed by atoms with Gasteiger partial charge in [-0.25, -0.2) is 5.48 Å². The minimum absolute atomic E-state index is 0.0285. The second kappa shape index (κ2) is 10.3. The SMILES string of the molecule is COCCn1nccc1C(Cc1ccc(Cl)cc1)C(CC(=O)NO)OC. The largest absolute Gasteiger partial charge is 0.383 e. The average Bonchev–Trinajstić information content (AvgIpc) is 3.12. The molecule has 2 rings (SSSR count). The molecule has 0 radical (unpaired) electrons. The molecule has 0 bridgehead atoms. The van der Waals surface area contributed by atoms with Crippen molar-refractivity contribution < 1.29 is 19.5 Å². The fraction of sp³-hybridized carbons (Fsp3) is 0.444. The van der Waals surface area contributed by atoms with Gasteiger partial charge >= 0.3 is 0 Å². The molecule has 2 aromatic rings. The Morgan fingerprint density at radius 1 is 1.31 bits per heavy atom. The topological polar surface area (TPSA) is 85.6 Å². The molecule has 8 heteroatoms. The van der Waals surface area contributed by atoms with E-state index in [1.807, 2.05) is 35.0 Å². The molecular weight excluding hydrogens is 358 g/mol. The molecule has 0 fully saturated rings. The first-order chi connectivity index (χ1) is 12.6. The molecule has 1 aromatic carbocycles. The predicted octanol–water partition coefficient (Wildman–Crippen LogP) is 2.42. The Kier molecular flexibility index (Phi) is 8.06. The molecular formula is C18H24ClN3O4. The Labute approximate surface area is 157 Å². The lowest BCUT2D eigenvalue weighted by Gasteiger charge is -2.26. The number of benzene rings is 1. The lowest BCUT2D eigenvalue weighted by Crippen LogP contribution is -2.32. The molecule has 7 nitrogen and oxygen atoms in total. The number of hydroxylamine groups is 1. The van der Waals surface area contributed by atoms with Gasteiger partial charge in [-0.15, -0.1) is 0 Å². The van der Waals surface area contributed by atoms with Crippen molar-refractivity contribution in [2.75, 3.05) is 20.8 Å². The molecule has 2 atom stereocenters. The molecule has 1 aromatic heterocycles. The van der Waals surface area contributed by atoms with E-state index in [-0.39, 0.29) is 12.3 Å². The third-order valence-corrected chi connectivity index (χ3v) is 4.52. The number of hydrogen-bond acceptors (Lipinski definition) is 5. The molecule has 0 aliphatic heterocycles. The Balaban J connectivity index is 2.32. The first-order valence-electron chi connectivity index (χ1n) is 8.29. The minimum Gasteiger partial charge on any atom is -0.383 e. The van der Waals surface area contributed by atoms with Crippen LogP contribution in [0.3, 0.4) is 0 Å². The van der Waals surface area contributed by atoms with Crippen LogP contribution in [0.25, 0.3) is 0 Å². The van der Waals surface area contributed by atoms with Gasteiger partial charge in [-0.1, -0.05) is 23.7 Å². The zero-order valence-electron chi connectivity index (χ0n) is 14.9. The lowest BCUT2D eigenvalue weighted by atomic mass is 9.89. The van der Waals surface area contributed by atoms with Crippen LogP contribution in [-0.2, 0) is 27.2 Å². The fourth-order valence-corrected chi connectivity index (χ4v) is 3.07. The van der Waals surface area contributed by atoms with Crippen molar-refractivity contribution in [1.82, 2.24) is 15.3 Å². The molecule has 142 valence electrons. The van der Waals surface area contributed by atoms with Crippen molar-refractivity contribution >= 4 is 17.5 Å². The van der Waals surface area contributed by atoms with Gasteiger partial charge in [-0.2, -0.15) is 5.10 Å². The Morgan fingerprint density at radius 3 is 2.65 bits per heavy atom. The third kappa shape index (κ3) is 5.54. The van der Waals surface area contributed by atoms with E-state index in [0.717, 1.165) is 11.3 Å². The van der Waals surface area contributed by atoms with Crippen molar-refractivity contribution in [3.05, 3.63) is 52.8 Å². The zero-order chi connectivity index (χ0) is 18.9. The van der Waals surface area contributed by atoms with Crippen LogP contribution in [0.4, 0.5) is 0 Å². The minimum atomic E-state index is -0.499. The number of amides is 1. The van der Waals surface area contributed by atoms with Crippen LogP contribution >= 0.6 is 11.6 Å². The maximum atomic E-state index is 11.7. The zero-order valence-corrected chi connectivity index (χ0v) is 15.6. The summed E-state index contributed by atoms with van der Waals surface area (Å²) >= 11 is 5.97. The van der Waals surface area contributed by atoms with Gasteiger partial charge in [0, 0.05) is 37.1 Å². The number of nitrogens with zero attached hydrogens (tertiary/aromatic N) is 2. The summed E-state index contributed by atoms with van der Waals surface area (Å²) in [5.41, 5.74) is 3.67. The highest BCUT2D eigenvalue weighted by molar-refractivity contribution is 6.30. The monoisotopic (exact) mass is 381 g/mol. The smallest absolute Gasteiger partial charge is 0.245 e. The quantitative estimate of drug-likeness (QED) is 0.487. The summed E-state index contributed by atoms with van der Waals surface area (Å²) in [7, 11) is 3.19. The van der Waals surface area contributed by atoms with E-state index in [0.29, 0.717) is 24.6 Å². The van der Waals surface area contributed by atoms with E-state index >= 15 is 0 Å². The van der Waals surface area contributed by atoms with Crippen LogP contribution < -0.4 is 5.48 Å². The van der Waals surface area contributed by atoms with E-state index < -0.39 is 12.0 Å². The number of halogens is 1. The van der Waals surface area contributed by atoms with Gasteiger partial charge in [0.05, 0.1) is 25.7 Å². The number of ether oxygens (including phenoxy) is 2. The second-order valence-electron chi connectivity index (χ2n) is 5.92. The normalized spacial score (nSPS) is 13.4. The van der Waals surface area contributed by atoms with Crippen LogP contribution in [-0.4, -0.2) is 47.8 Å². The third-order valence-electron chi connectivity index (χ3n) is 4.27. The number of rotatable bonds is 10. The van der Waals surface area contributed by atoms with Gasteiger partial charge in [-0.3, -0.25) is 14.7 Å². The molecule has 1 heterocycles. The van der Waals surface area contributed by atoms with Crippen LogP contribution in [0, 0.1) is 0 Å². The van der Waals surface area contributed by atoms with Gasteiger partial charge in [0.1, 0.15) is 0 Å². The summed E-state index contributed by atoms with van der Waals surface area (Å²) in [4.78, 5) is 11.7. The van der Waals surface area contributed by atoms with Gasteiger partial charge in [0.2, 0.25) is 5.91 Å². The Bertz CT molecular complexity index is 690. The summed E-state index contributed by atoms with van der Waals surface area (Å²) in [5, 5.41) is 13.9. The summed E-state index contributed by atoms with van der Waals surface area (Å²) in [6.45, 7) is 1.12. The van der Waals surface area contributed by atoms with Gasteiger partial charge in [-0.05, 0) is 30.2 Å². The molecule has 2 N–H and O–H groups in total. The molecule has 0 saturated carbocycles. The van der Waals surface area contributed by atoms with Crippen molar-refractivity contribution in [2.45, 2.75) is 31.4 Å². The summed E-state index contributed by atoms with van der Waals surface area (Å²) in [6, 6.07) is 9.48. The highest BCUT2D eigenvalue weighted by Crippen LogP contribution is 2.28. The molecule has 0 aliphatic rings. The number of hydrogen-bond donors (Lipinski definition) is 2. The standard InChI is InChI=1S/C18H24ClN3O4/c1-25-10-9-22-16(7-8-20-22)15(17(26-2)12-18(23)21-24)11-13-3-5-14(19)6-4-13/h3-8,15,17,24H,9-12H2,1-2H3,(H,21,23). The van der Waals surface area contributed by atoms with E-state index in [1.165, 1.54) is 0 Å². The van der Waals surface area contributed by atoms with Gasteiger partial charge in [0.15, 0.2) is 0 Å². The first kappa shape index (κ1) is 20.4. The molecule has 0 spiro atoms. The predicted molar refractivity (Wildman–Crippen MR) is 97.3 cm³/mol. The van der Waals surface area contributed by atoms with E-state index in [2.05, 4.69) is 5.10 Å². The number of methoxy groups -OCH3 is 2. The second-order valence-corrected chi connectivity index (χ2v) is 6.36. The summed E-state index contributed by atoms with van der Waals surface area (Å²) in [5.74, 6) is -0.640. The lowest BCUT2D eigenvalue weighted by molar-refractivity contribution is -0.132. The van der Waals surface area contributed by atoms with Gasteiger partial charge in [0.25, 0.3) is 0 Å². The number of nitrogens with one attached hydrogen (secondary N) is 1. The maximum Gasteiger partial charge on any atom is 0.245 e. The van der Waals surface area contributed by atoms with Crippen molar-refractivity contribution in [1.29, 1.82) is 0 Å². The van der Waals surface area contributed by atoms with Crippen LogP contribution in [0.5, 0.6) is 0 Å². The Hall–Kier alpha value is -1.93. The van der Waals surface area contributed by atoms with E-state index in [9.17, 15) is 4.79 Å². The number of carbonyl (C=O) groups excluding carboxylic acids is 1.